The van der Waals surface area contributed by atoms with Crippen molar-refractivity contribution in [1.82, 2.24) is 20.0 Å². The van der Waals surface area contributed by atoms with E-state index in [0.717, 1.165) is 77.6 Å². The molecule has 0 aromatic carbocycles. The Morgan fingerprint density at radius 1 is 1.07 bits per heavy atom. The molecule has 0 aromatic rings. The summed E-state index contributed by atoms with van der Waals surface area (Å²) in [6, 6.07) is 0. The van der Waals surface area contributed by atoms with Crippen LogP contribution in [0, 0.1) is 0 Å². The molecule has 2 aliphatic rings. The molecular formula is C21H41N5O2. The largest absolute Gasteiger partial charge is 0.368 e. The third kappa shape index (κ3) is 7.24. The molecule has 162 valence electrons. The van der Waals surface area contributed by atoms with Gasteiger partial charge in [0.1, 0.15) is 6.10 Å². The predicted octanol–water partition coefficient (Wildman–Crippen LogP) is 1.79. The molecule has 2 rings (SSSR count). The van der Waals surface area contributed by atoms with E-state index in [1.165, 1.54) is 25.9 Å². The molecule has 0 spiro atoms. The van der Waals surface area contributed by atoms with Crippen molar-refractivity contribution in [3.05, 3.63) is 0 Å². The molecule has 0 aliphatic carbocycles. The van der Waals surface area contributed by atoms with Gasteiger partial charge in [0, 0.05) is 45.9 Å². The summed E-state index contributed by atoms with van der Waals surface area (Å²) in [6.45, 7) is 15.7. The van der Waals surface area contributed by atoms with Gasteiger partial charge in [-0.15, -0.1) is 0 Å². The van der Waals surface area contributed by atoms with Crippen LogP contribution in [0.4, 0.5) is 0 Å². The number of hydrogen-bond acceptors (Lipinski definition) is 4. The molecule has 1 unspecified atom stereocenters. The van der Waals surface area contributed by atoms with Gasteiger partial charge in [-0.2, -0.15) is 0 Å². The fourth-order valence-electron chi connectivity index (χ4n) is 3.99. The second kappa shape index (κ2) is 13.0. The summed E-state index contributed by atoms with van der Waals surface area (Å²) in [5.41, 5.74) is 0. The zero-order valence-electron chi connectivity index (χ0n) is 18.3. The molecular weight excluding hydrogens is 354 g/mol. The predicted molar refractivity (Wildman–Crippen MR) is 115 cm³/mol. The Bertz CT molecular complexity index is 465. The van der Waals surface area contributed by atoms with Crippen molar-refractivity contribution < 1.29 is 9.53 Å². The lowest BCUT2D eigenvalue weighted by Gasteiger charge is -2.37. The van der Waals surface area contributed by atoms with E-state index in [2.05, 4.69) is 35.9 Å². The quantitative estimate of drug-likeness (QED) is 0.347. The van der Waals surface area contributed by atoms with Crippen LogP contribution in [0.5, 0.6) is 0 Å². The number of rotatable bonds is 10. The normalized spacial score (nSPS) is 20.9. The number of nitrogens with one attached hydrogen (secondary N) is 1. The van der Waals surface area contributed by atoms with Crippen LogP contribution < -0.4 is 5.32 Å². The Labute approximate surface area is 171 Å². The van der Waals surface area contributed by atoms with E-state index in [4.69, 9.17) is 9.73 Å². The van der Waals surface area contributed by atoms with E-state index in [1.807, 2.05) is 4.90 Å². The molecule has 28 heavy (non-hydrogen) atoms. The Balaban J connectivity index is 1.78. The second-order valence-electron chi connectivity index (χ2n) is 7.74. The first-order valence-electron chi connectivity index (χ1n) is 11.4. The monoisotopic (exact) mass is 395 g/mol. The van der Waals surface area contributed by atoms with E-state index in [1.54, 1.807) is 0 Å². The smallest absolute Gasteiger partial charge is 0.251 e. The molecule has 0 aromatic heterocycles. The van der Waals surface area contributed by atoms with E-state index in [0.29, 0.717) is 0 Å². The Morgan fingerprint density at radius 3 is 2.32 bits per heavy atom. The SMILES string of the molecule is CCCN(CCC)CCCN=C(NCC)N1CCN(C(=O)C2CCCO2)CC1. The number of aliphatic imine (C=N–C) groups is 1. The van der Waals surface area contributed by atoms with Gasteiger partial charge in [-0.3, -0.25) is 9.79 Å². The minimum absolute atomic E-state index is 0.172. The molecule has 0 radical (unpaired) electrons. The van der Waals surface area contributed by atoms with Crippen LogP contribution >= 0.6 is 0 Å². The summed E-state index contributed by atoms with van der Waals surface area (Å²) in [5.74, 6) is 1.16. The van der Waals surface area contributed by atoms with E-state index < -0.39 is 0 Å². The molecule has 1 N–H and O–H groups in total. The molecule has 1 amide bonds. The molecule has 0 saturated carbocycles. The second-order valence-corrected chi connectivity index (χ2v) is 7.74. The summed E-state index contributed by atoms with van der Waals surface area (Å²) in [4.78, 5) is 24.2. The number of amides is 1. The van der Waals surface area contributed by atoms with E-state index >= 15 is 0 Å². The molecule has 2 heterocycles. The zero-order chi connectivity index (χ0) is 20.2. The first-order valence-corrected chi connectivity index (χ1v) is 11.4. The van der Waals surface area contributed by atoms with Crippen LogP contribution in [-0.2, 0) is 9.53 Å². The van der Waals surface area contributed by atoms with Crippen molar-refractivity contribution >= 4 is 11.9 Å². The molecule has 1 atom stereocenters. The van der Waals surface area contributed by atoms with E-state index in [9.17, 15) is 4.79 Å². The van der Waals surface area contributed by atoms with Crippen molar-refractivity contribution in [1.29, 1.82) is 0 Å². The van der Waals surface area contributed by atoms with Crippen molar-refractivity contribution in [2.45, 2.75) is 59.0 Å². The molecule has 7 nitrogen and oxygen atoms in total. The number of piperazine rings is 1. The van der Waals surface area contributed by atoms with Crippen LogP contribution in [0.2, 0.25) is 0 Å². The minimum Gasteiger partial charge on any atom is -0.368 e. The maximum Gasteiger partial charge on any atom is 0.251 e. The highest BCUT2D eigenvalue weighted by Crippen LogP contribution is 2.16. The van der Waals surface area contributed by atoms with Gasteiger partial charge in [0.25, 0.3) is 5.91 Å². The van der Waals surface area contributed by atoms with Gasteiger partial charge >= 0.3 is 0 Å². The molecule has 2 fully saturated rings. The maximum atomic E-state index is 12.5. The average Bonchev–Trinajstić information content (AvgIpc) is 3.25. The number of nitrogens with zero attached hydrogens (tertiary/aromatic N) is 4. The van der Waals surface area contributed by atoms with Gasteiger partial charge in [-0.1, -0.05) is 13.8 Å². The zero-order valence-corrected chi connectivity index (χ0v) is 18.3. The Kier molecular flexibility index (Phi) is 10.6. The van der Waals surface area contributed by atoms with Gasteiger partial charge in [0.15, 0.2) is 5.96 Å². The third-order valence-corrected chi connectivity index (χ3v) is 5.40. The Hall–Kier alpha value is -1.34. The summed E-state index contributed by atoms with van der Waals surface area (Å²) >= 11 is 0. The van der Waals surface area contributed by atoms with Crippen LogP contribution in [0.15, 0.2) is 4.99 Å². The lowest BCUT2D eigenvalue weighted by Crippen LogP contribution is -2.55. The Morgan fingerprint density at radius 2 is 1.75 bits per heavy atom. The van der Waals surface area contributed by atoms with Crippen molar-refractivity contribution in [3.63, 3.8) is 0 Å². The van der Waals surface area contributed by atoms with Crippen LogP contribution in [0.1, 0.15) is 52.9 Å². The summed E-state index contributed by atoms with van der Waals surface area (Å²) in [6.07, 6.45) is 5.17. The van der Waals surface area contributed by atoms with Gasteiger partial charge in [-0.25, -0.2) is 0 Å². The van der Waals surface area contributed by atoms with Gasteiger partial charge in [-0.05, 0) is 58.7 Å². The lowest BCUT2D eigenvalue weighted by atomic mass is 10.2. The van der Waals surface area contributed by atoms with Gasteiger partial charge < -0.3 is 24.8 Å². The van der Waals surface area contributed by atoms with Crippen molar-refractivity contribution in [2.75, 3.05) is 65.5 Å². The molecule has 7 heteroatoms. The standard InChI is InChI=1S/C21H41N5O2/c1-4-11-24(12-5-2)13-8-10-23-21(22-6-3)26-16-14-25(15-17-26)20(27)19-9-7-18-28-19/h19H,4-18H2,1-3H3,(H,22,23). The van der Waals surface area contributed by atoms with Gasteiger partial charge in [0.2, 0.25) is 0 Å². The maximum absolute atomic E-state index is 12.5. The minimum atomic E-state index is -0.206. The number of carbonyl (C=O) groups excluding carboxylic acids is 1. The fraction of sp³-hybridized carbons (Fsp3) is 0.905. The van der Waals surface area contributed by atoms with Crippen LogP contribution in [-0.4, -0.2) is 98.2 Å². The summed E-state index contributed by atoms with van der Waals surface area (Å²) < 4.78 is 5.56. The molecule has 0 bridgehead atoms. The first kappa shape index (κ1) is 22.9. The highest BCUT2D eigenvalue weighted by molar-refractivity contribution is 5.82. The van der Waals surface area contributed by atoms with Gasteiger partial charge in [0.05, 0.1) is 0 Å². The van der Waals surface area contributed by atoms with Crippen molar-refractivity contribution in [2.24, 2.45) is 4.99 Å². The number of ether oxygens (including phenoxy) is 1. The number of carbonyl (C=O) groups is 1. The number of hydrogen-bond donors (Lipinski definition) is 1. The highest BCUT2D eigenvalue weighted by Gasteiger charge is 2.30. The van der Waals surface area contributed by atoms with E-state index in [-0.39, 0.29) is 12.0 Å². The summed E-state index contributed by atoms with van der Waals surface area (Å²) in [5, 5.41) is 3.42. The molecule has 2 saturated heterocycles. The van der Waals surface area contributed by atoms with Crippen LogP contribution in [0.3, 0.4) is 0 Å². The van der Waals surface area contributed by atoms with Crippen LogP contribution in [0.25, 0.3) is 0 Å². The fourth-order valence-corrected chi connectivity index (χ4v) is 3.99. The topological polar surface area (TPSA) is 60.4 Å². The summed E-state index contributed by atoms with van der Waals surface area (Å²) in [7, 11) is 0. The highest BCUT2D eigenvalue weighted by atomic mass is 16.5. The molecule has 2 aliphatic heterocycles. The first-order chi connectivity index (χ1) is 13.7. The third-order valence-electron chi connectivity index (χ3n) is 5.40. The number of guanidine groups is 1. The average molecular weight is 396 g/mol. The lowest BCUT2D eigenvalue weighted by molar-refractivity contribution is -0.142. The van der Waals surface area contributed by atoms with Crippen molar-refractivity contribution in [3.8, 4) is 0 Å².